The summed E-state index contributed by atoms with van der Waals surface area (Å²) in [5, 5.41) is 12.1. The largest absolute Gasteiger partial charge is 0.427 e. The number of aliphatic hydroxyl groups excluding tert-OH is 1. The SMILES string of the molecule is COBNC(C)CC[C@@H](C)O. The molecule has 2 atom stereocenters. The third-order valence-corrected chi connectivity index (χ3v) is 1.59. The minimum Gasteiger partial charge on any atom is -0.427 e. The molecule has 4 heteroatoms. The van der Waals surface area contributed by atoms with E-state index in [9.17, 15) is 0 Å². The van der Waals surface area contributed by atoms with Crippen molar-refractivity contribution < 1.29 is 9.76 Å². The van der Waals surface area contributed by atoms with E-state index in [-0.39, 0.29) is 6.10 Å². The first-order chi connectivity index (χ1) is 5.16. The van der Waals surface area contributed by atoms with Crippen LogP contribution in [0.5, 0.6) is 0 Å². The lowest BCUT2D eigenvalue weighted by molar-refractivity contribution is 0.178. The Hall–Kier alpha value is -0.0551. The Morgan fingerprint density at radius 1 is 1.45 bits per heavy atom. The number of rotatable bonds is 6. The molecule has 0 fully saturated rings. The van der Waals surface area contributed by atoms with Gasteiger partial charge in [-0.05, 0) is 25.8 Å². The molecule has 0 saturated carbocycles. The molecule has 0 heterocycles. The fraction of sp³-hybridized carbons (Fsp3) is 1.00. The molecule has 66 valence electrons. The molecule has 0 aliphatic carbocycles. The predicted molar refractivity (Wildman–Crippen MR) is 47.7 cm³/mol. The molecule has 0 saturated heterocycles. The van der Waals surface area contributed by atoms with Gasteiger partial charge in [0.25, 0.3) is 0 Å². The fourth-order valence-corrected chi connectivity index (χ4v) is 0.819. The maximum atomic E-state index is 8.97. The van der Waals surface area contributed by atoms with Crippen molar-refractivity contribution in [2.24, 2.45) is 0 Å². The Balaban J connectivity index is 3.15. The van der Waals surface area contributed by atoms with Gasteiger partial charge >= 0.3 is 7.62 Å². The zero-order chi connectivity index (χ0) is 8.69. The number of hydrogen-bond acceptors (Lipinski definition) is 3. The van der Waals surface area contributed by atoms with E-state index in [0.29, 0.717) is 13.7 Å². The molecular formula is C7H18BNO2. The van der Waals surface area contributed by atoms with E-state index in [1.165, 1.54) is 0 Å². The summed E-state index contributed by atoms with van der Waals surface area (Å²) >= 11 is 0. The average molecular weight is 159 g/mol. The molecule has 0 aliphatic heterocycles. The Labute approximate surface area is 69.4 Å². The maximum absolute atomic E-state index is 8.97. The van der Waals surface area contributed by atoms with Crippen LogP contribution in [0, 0.1) is 0 Å². The van der Waals surface area contributed by atoms with Gasteiger partial charge in [-0.1, -0.05) is 6.92 Å². The summed E-state index contributed by atoms with van der Waals surface area (Å²) in [4.78, 5) is 0. The van der Waals surface area contributed by atoms with Crippen molar-refractivity contribution >= 4 is 7.62 Å². The minimum absolute atomic E-state index is 0.193. The van der Waals surface area contributed by atoms with Crippen molar-refractivity contribution in [3.8, 4) is 0 Å². The van der Waals surface area contributed by atoms with Crippen molar-refractivity contribution in [3.05, 3.63) is 0 Å². The van der Waals surface area contributed by atoms with Crippen LogP contribution in [0.25, 0.3) is 0 Å². The van der Waals surface area contributed by atoms with Crippen LogP contribution in [0.15, 0.2) is 0 Å². The van der Waals surface area contributed by atoms with Crippen LogP contribution in [0.3, 0.4) is 0 Å². The summed E-state index contributed by atoms with van der Waals surface area (Å²) in [6.07, 6.45) is 1.64. The molecule has 2 N–H and O–H groups in total. The van der Waals surface area contributed by atoms with Gasteiger partial charge in [-0.3, -0.25) is 0 Å². The lowest BCUT2D eigenvalue weighted by Crippen LogP contribution is -2.31. The molecule has 1 unspecified atom stereocenters. The normalized spacial score (nSPS) is 16.0. The highest BCUT2D eigenvalue weighted by Gasteiger charge is 2.03. The van der Waals surface area contributed by atoms with Crippen LogP contribution >= 0.6 is 0 Å². The molecule has 0 aromatic heterocycles. The standard InChI is InChI=1S/C7H18BNO2/c1-6(9-8-11-3)4-5-7(2)10/h6-10H,4-5H2,1-3H3/t6?,7-/m1/s1. The van der Waals surface area contributed by atoms with E-state index in [1.807, 2.05) is 6.92 Å². The van der Waals surface area contributed by atoms with Crippen LogP contribution in [-0.4, -0.2) is 32.0 Å². The molecule has 0 aliphatic rings. The van der Waals surface area contributed by atoms with E-state index in [1.54, 1.807) is 7.11 Å². The lowest BCUT2D eigenvalue weighted by atomic mass is 10.1. The van der Waals surface area contributed by atoms with Crippen molar-refractivity contribution in [1.82, 2.24) is 5.23 Å². The van der Waals surface area contributed by atoms with Crippen molar-refractivity contribution in [3.63, 3.8) is 0 Å². The van der Waals surface area contributed by atoms with Gasteiger partial charge in [-0.25, -0.2) is 0 Å². The van der Waals surface area contributed by atoms with E-state index >= 15 is 0 Å². The van der Waals surface area contributed by atoms with Gasteiger partial charge in [0.1, 0.15) is 0 Å². The monoisotopic (exact) mass is 159 g/mol. The van der Waals surface area contributed by atoms with Crippen LogP contribution < -0.4 is 5.23 Å². The highest BCUT2D eigenvalue weighted by Crippen LogP contribution is 1.99. The molecule has 0 spiro atoms. The summed E-state index contributed by atoms with van der Waals surface area (Å²) in [5.74, 6) is 0. The van der Waals surface area contributed by atoms with E-state index < -0.39 is 0 Å². The first kappa shape index (κ1) is 10.9. The zero-order valence-electron chi connectivity index (χ0n) is 7.63. The van der Waals surface area contributed by atoms with Gasteiger partial charge in [0.15, 0.2) is 0 Å². The van der Waals surface area contributed by atoms with Gasteiger partial charge in [0, 0.05) is 7.11 Å². The van der Waals surface area contributed by atoms with Gasteiger partial charge in [0.05, 0.1) is 6.10 Å². The van der Waals surface area contributed by atoms with Gasteiger partial charge in [-0.2, -0.15) is 0 Å². The zero-order valence-corrected chi connectivity index (χ0v) is 7.63. The molecule has 0 radical (unpaired) electrons. The number of nitrogens with one attached hydrogen (secondary N) is 1. The second kappa shape index (κ2) is 6.64. The molecular weight excluding hydrogens is 141 g/mol. The first-order valence-corrected chi connectivity index (χ1v) is 4.07. The molecule has 0 rings (SSSR count). The fourth-order valence-electron chi connectivity index (χ4n) is 0.819. The summed E-state index contributed by atoms with van der Waals surface area (Å²) in [6, 6.07) is 0.421. The summed E-state index contributed by atoms with van der Waals surface area (Å²) in [5.41, 5.74) is 0. The predicted octanol–water partition coefficient (Wildman–Crippen LogP) is 0.0384. The van der Waals surface area contributed by atoms with Crippen molar-refractivity contribution in [2.75, 3.05) is 7.11 Å². The van der Waals surface area contributed by atoms with E-state index in [2.05, 4.69) is 12.2 Å². The third-order valence-electron chi connectivity index (χ3n) is 1.59. The Kier molecular flexibility index (Phi) is 6.61. The summed E-state index contributed by atoms with van der Waals surface area (Å²) in [7, 11) is 2.25. The lowest BCUT2D eigenvalue weighted by Gasteiger charge is -2.12. The molecule has 0 bridgehead atoms. The Morgan fingerprint density at radius 3 is 2.55 bits per heavy atom. The second-order valence-corrected chi connectivity index (χ2v) is 2.96. The minimum atomic E-state index is -0.193. The van der Waals surface area contributed by atoms with Gasteiger partial charge in [0.2, 0.25) is 0 Å². The molecule has 0 aromatic rings. The number of aliphatic hydroxyl groups is 1. The summed E-state index contributed by atoms with van der Waals surface area (Å²) in [6.45, 7) is 3.89. The highest BCUT2D eigenvalue weighted by atomic mass is 16.4. The van der Waals surface area contributed by atoms with E-state index in [0.717, 1.165) is 12.8 Å². The molecule has 0 amide bonds. The smallest absolute Gasteiger partial charge is 0.360 e. The van der Waals surface area contributed by atoms with Crippen LogP contribution in [0.1, 0.15) is 26.7 Å². The van der Waals surface area contributed by atoms with Crippen LogP contribution in [0.2, 0.25) is 0 Å². The first-order valence-electron chi connectivity index (χ1n) is 4.07. The summed E-state index contributed by atoms with van der Waals surface area (Å²) < 4.78 is 4.85. The van der Waals surface area contributed by atoms with Gasteiger partial charge < -0.3 is 15.0 Å². The molecule has 0 aromatic carbocycles. The molecule has 3 nitrogen and oxygen atoms in total. The van der Waals surface area contributed by atoms with Crippen molar-refractivity contribution in [2.45, 2.75) is 38.8 Å². The van der Waals surface area contributed by atoms with E-state index in [4.69, 9.17) is 9.76 Å². The Bertz CT molecular complexity index is 90.5. The Morgan fingerprint density at radius 2 is 2.09 bits per heavy atom. The molecule has 11 heavy (non-hydrogen) atoms. The average Bonchev–Trinajstić information content (AvgIpc) is 1.97. The van der Waals surface area contributed by atoms with Gasteiger partial charge in [-0.15, -0.1) is 0 Å². The topological polar surface area (TPSA) is 41.5 Å². The van der Waals surface area contributed by atoms with Crippen LogP contribution in [-0.2, 0) is 4.65 Å². The quantitative estimate of drug-likeness (QED) is 0.537. The van der Waals surface area contributed by atoms with Crippen molar-refractivity contribution in [1.29, 1.82) is 0 Å². The second-order valence-electron chi connectivity index (χ2n) is 2.96. The number of hydrogen-bond donors (Lipinski definition) is 2. The van der Waals surface area contributed by atoms with Crippen LogP contribution in [0.4, 0.5) is 0 Å². The highest BCUT2D eigenvalue weighted by molar-refractivity contribution is 6.23. The third kappa shape index (κ3) is 7.85. The maximum Gasteiger partial charge on any atom is 0.360 e.